The van der Waals surface area contributed by atoms with Gasteiger partial charge in [-0.3, -0.25) is 4.79 Å². The van der Waals surface area contributed by atoms with Crippen molar-refractivity contribution in [2.45, 2.75) is 32.7 Å². The van der Waals surface area contributed by atoms with Crippen LogP contribution in [0.1, 0.15) is 24.5 Å². The van der Waals surface area contributed by atoms with E-state index in [1.807, 2.05) is 26.0 Å². The average Bonchev–Trinajstić information content (AvgIpc) is 2.43. The number of rotatable bonds is 7. The number of nitrogens with two attached hydrogens (primary N) is 1. The number of aryl methyl sites for hydroxylation is 1. The third kappa shape index (κ3) is 5.78. The number of benzene rings is 1. The average molecular weight is 353 g/mol. The largest absolute Gasteiger partial charge is 0.483 e. The highest BCUT2D eigenvalue weighted by Crippen LogP contribution is 2.29. The highest BCUT2D eigenvalue weighted by Gasteiger charge is 2.13. The molecule has 0 bridgehead atoms. The Labute approximate surface area is 134 Å². The summed E-state index contributed by atoms with van der Waals surface area (Å²) in [5, 5.41) is 2.57. The molecular formula is C16H21BrN2O2. The second-order valence-electron chi connectivity index (χ2n) is 4.85. The summed E-state index contributed by atoms with van der Waals surface area (Å²) in [7, 11) is 0. The summed E-state index contributed by atoms with van der Waals surface area (Å²) in [6.45, 7) is 4.14. The molecule has 114 valence electrons. The minimum atomic E-state index is -0.235. The fourth-order valence-electron chi connectivity index (χ4n) is 1.92. The fraction of sp³-hybridized carbons (Fsp3) is 0.438. The van der Waals surface area contributed by atoms with E-state index >= 15 is 0 Å². The first kappa shape index (κ1) is 17.5. The van der Waals surface area contributed by atoms with Crippen molar-refractivity contribution in [1.82, 2.24) is 5.32 Å². The Morgan fingerprint density at radius 1 is 1.57 bits per heavy atom. The van der Waals surface area contributed by atoms with Crippen molar-refractivity contribution in [3.05, 3.63) is 27.7 Å². The highest BCUT2D eigenvalue weighted by atomic mass is 79.9. The normalized spacial score (nSPS) is 11.6. The molecular weight excluding hydrogens is 332 g/mol. The van der Waals surface area contributed by atoms with Gasteiger partial charge in [0.05, 0.1) is 6.54 Å². The molecule has 0 saturated carbocycles. The molecule has 3 N–H and O–H groups in total. The van der Waals surface area contributed by atoms with Crippen molar-refractivity contribution in [2.24, 2.45) is 5.73 Å². The zero-order chi connectivity index (χ0) is 15.8. The Hall–Kier alpha value is -1.51. The van der Waals surface area contributed by atoms with Crippen LogP contribution in [0.15, 0.2) is 16.6 Å². The molecule has 0 aliphatic heterocycles. The van der Waals surface area contributed by atoms with Crippen LogP contribution in [0.4, 0.5) is 0 Å². The van der Waals surface area contributed by atoms with Crippen molar-refractivity contribution >= 4 is 21.8 Å². The zero-order valence-electron chi connectivity index (χ0n) is 12.4. The van der Waals surface area contributed by atoms with Crippen molar-refractivity contribution in [3.8, 4) is 18.1 Å². The lowest BCUT2D eigenvalue weighted by atomic mass is 10.0. The standard InChI is InChI=1S/C16H21BrN2O2/c1-4-6-19-15(20)10-21-16-11(3)7-13(17)8-12(16)9-14(18)5-2/h1,7-8,14H,5-6,9-10,18H2,2-3H3,(H,19,20). The number of nitrogens with one attached hydrogen (secondary N) is 1. The molecule has 1 unspecified atom stereocenters. The number of hydrogen-bond donors (Lipinski definition) is 2. The van der Waals surface area contributed by atoms with Crippen molar-refractivity contribution in [1.29, 1.82) is 0 Å². The minimum absolute atomic E-state index is 0.0570. The Morgan fingerprint density at radius 3 is 2.90 bits per heavy atom. The number of ether oxygens (including phenoxy) is 1. The van der Waals surface area contributed by atoms with Gasteiger partial charge in [0.2, 0.25) is 0 Å². The summed E-state index contributed by atoms with van der Waals surface area (Å²) >= 11 is 3.48. The van der Waals surface area contributed by atoms with Crippen LogP contribution >= 0.6 is 15.9 Å². The van der Waals surface area contributed by atoms with Crippen molar-refractivity contribution < 1.29 is 9.53 Å². The van der Waals surface area contributed by atoms with Gasteiger partial charge in [-0.15, -0.1) is 6.42 Å². The lowest BCUT2D eigenvalue weighted by molar-refractivity contribution is -0.122. The molecule has 1 atom stereocenters. The number of terminal acetylenes is 1. The molecule has 1 aromatic carbocycles. The monoisotopic (exact) mass is 352 g/mol. The van der Waals surface area contributed by atoms with Gasteiger partial charge in [0, 0.05) is 10.5 Å². The molecule has 0 saturated heterocycles. The van der Waals surface area contributed by atoms with Gasteiger partial charge in [0.15, 0.2) is 6.61 Å². The Bertz CT molecular complexity index is 538. The SMILES string of the molecule is C#CCNC(=O)COc1c(C)cc(Br)cc1CC(N)CC. The minimum Gasteiger partial charge on any atom is -0.483 e. The smallest absolute Gasteiger partial charge is 0.258 e. The number of halogens is 1. The predicted octanol–water partition coefficient (Wildman–Crippen LogP) is 2.17. The summed E-state index contributed by atoms with van der Waals surface area (Å²) in [6, 6.07) is 4.00. The van der Waals surface area contributed by atoms with Crippen LogP contribution in [0.25, 0.3) is 0 Å². The summed E-state index contributed by atoms with van der Waals surface area (Å²) < 4.78 is 6.64. The topological polar surface area (TPSA) is 64.3 Å². The van der Waals surface area contributed by atoms with E-state index < -0.39 is 0 Å². The molecule has 0 spiro atoms. The lowest BCUT2D eigenvalue weighted by Gasteiger charge is -2.17. The molecule has 1 amide bonds. The molecule has 0 heterocycles. The van der Waals surface area contributed by atoms with E-state index in [9.17, 15) is 4.79 Å². The van der Waals surface area contributed by atoms with Crippen LogP contribution in [0, 0.1) is 19.3 Å². The molecule has 0 radical (unpaired) electrons. The van der Waals surface area contributed by atoms with E-state index in [0.717, 1.165) is 27.8 Å². The zero-order valence-corrected chi connectivity index (χ0v) is 14.0. The molecule has 1 rings (SSSR count). The van der Waals surface area contributed by atoms with E-state index in [-0.39, 0.29) is 25.1 Å². The molecule has 0 aromatic heterocycles. The van der Waals surface area contributed by atoms with Crippen LogP contribution in [-0.4, -0.2) is 25.1 Å². The predicted molar refractivity (Wildman–Crippen MR) is 88.2 cm³/mol. The number of carbonyl (C=O) groups excluding carboxylic acids is 1. The van der Waals surface area contributed by atoms with E-state index in [1.54, 1.807) is 0 Å². The molecule has 0 fully saturated rings. The molecule has 4 nitrogen and oxygen atoms in total. The Morgan fingerprint density at radius 2 is 2.29 bits per heavy atom. The van der Waals surface area contributed by atoms with E-state index in [1.165, 1.54) is 0 Å². The van der Waals surface area contributed by atoms with Crippen molar-refractivity contribution in [2.75, 3.05) is 13.2 Å². The first-order chi connectivity index (χ1) is 9.97. The van der Waals surface area contributed by atoms with E-state index in [2.05, 4.69) is 27.2 Å². The van der Waals surface area contributed by atoms with Gasteiger partial charge in [0.25, 0.3) is 5.91 Å². The first-order valence-electron chi connectivity index (χ1n) is 6.85. The lowest BCUT2D eigenvalue weighted by Crippen LogP contribution is -2.29. The second-order valence-corrected chi connectivity index (χ2v) is 5.77. The molecule has 0 aliphatic carbocycles. The summed E-state index contributed by atoms with van der Waals surface area (Å²) in [6.07, 6.45) is 6.68. The van der Waals surface area contributed by atoms with Gasteiger partial charge in [0.1, 0.15) is 5.75 Å². The van der Waals surface area contributed by atoms with Crippen molar-refractivity contribution in [3.63, 3.8) is 0 Å². The maximum Gasteiger partial charge on any atom is 0.258 e. The second kappa shape index (κ2) is 8.71. The van der Waals surface area contributed by atoms with Crippen LogP contribution in [0.3, 0.4) is 0 Å². The van der Waals surface area contributed by atoms with Crippen LogP contribution < -0.4 is 15.8 Å². The molecule has 1 aromatic rings. The Balaban J connectivity index is 2.84. The number of carbonyl (C=O) groups is 1. The maximum absolute atomic E-state index is 11.6. The van der Waals surface area contributed by atoms with Crippen LogP contribution in [-0.2, 0) is 11.2 Å². The van der Waals surface area contributed by atoms with Gasteiger partial charge >= 0.3 is 0 Å². The number of hydrogen-bond acceptors (Lipinski definition) is 3. The van der Waals surface area contributed by atoms with Gasteiger partial charge in [-0.25, -0.2) is 0 Å². The number of amides is 1. The highest BCUT2D eigenvalue weighted by molar-refractivity contribution is 9.10. The van der Waals surface area contributed by atoms with Gasteiger partial charge in [-0.05, 0) is 43.0 Å². The third-order valence-electron chi connectivity index (χ3n) is 3.06. The summed E-state index contributed by atoms with van der Waals surface area (Å²) in [5.41, 5.74) is 7.99. The maximum atomic E-state index is 11.6. The fourth-order valence-corrected chi connectivity index (χ4v) is 2.54. The third-order valence-corrected chi connectivity index (χ3v) is 3.52. The van der Waals surface area contributed by atoms with E-state index in [4.69, 9.17) is 16.9 Å². The van der Waals surface area contributed by atoms with Gasteiger partial charge in [-0.2, -0.15) is 0 Å². The molecule has 21 heavy (non-hydrogen) atoms. The molecule has 0 aliphatic rings. The van der Waals surface area contributed by atoms with Crippen LogP contribution in [0.5, 0.6) is 5.75 Å². The first-order valence-corrected chi connectivity index (χ1v) is 7.64. The quantitative estimate of drug-likeness (QED) is 0.739. The summed E-state index contributed by atoms with van der Waals surface area (Å²) in [5.74, 6) is 2.84. The summed E-state index contributed by atoms with van der Waals surface area (Å²) in [4.78, 5) is 11.6. The van der Waals surface area contributed by atoms with Crippen LogP contribution in [0.2, 0.25) is 0 Å². The van der Waals surface area contributed by atoms with Gasteiger partial charge in [-0.1, -0.05) is 28.8 Å². The Kier molecular flexibility index (Phi) is 7.27. The van der Waals surface area contributed by atoms with E-state index in [0.29, 0.717) is 6.42 Å². The molecule has 5 heteroatoms. The van der Waals surface area contributed by atoms with Gasteiger partial charge < -0.3 is 15.8 Å².